The Morgan fingerprint density at radius 3 is 2.29 bits per heavy atom. The first-order chi connectivity index (χ1) is 7.77. The van der Waals surface area contributed by atoms with Gasteiger partial charge in [-0.05, 0) is 17.7 Å². The Kier molecular flexibility index (Phi) is 3.70. The summed E-state index contributed by atoms with van der Waals surface area (Å²) in [6, 6.07) is 2.79. The van der Waals surface area contributed by atoms with Crippen molar-refractivity contribution in [1.29, 1.82) is 5.26 Å². The highest BCUT2D eigenvalue weighted by molar-refractivity contribution is 5.33. The van der Waals surface area contributed by atoms with E-state index in [-0.39, 0.29) is 6.07 Å². The number of aliphatic hydroxyl groups excluding tert-OH is 2. The van der Waals surface area contributed by atoms with Crippen LogP contribution in [0.25, 0.3) is 0 Å². The van der Waals surface area contributed by atoms with E-state index in [1.54, 1.807) is 0 Å². The molecule has 2 unspecified atom stereocenters. The Balaban J connectivity index is 3.30. The zero-order valence-corrected chi connectivity index (χ0v) is 8.24. The first-order valence-electron chi connectivity index (χ1n) is 4.39. The normalized spacial score (nSPS) is 15.1. The van der Waals surface area contributed by atoms with E-state index in [2.05, 4.69) is 0 Å². The van der Waals surface area contributed by atoms with Crippen molar-refractivity contribution in [3.8, 4) is 6.07 Å². The molecule has 0 spiro atoms. The quantitative estimate of drug-likeness (QED) is 0.620. The van der Waals surface area contributed by atoms with Gasteiger partial charge in [0.25, 0.3) is 0 Å². The molecule has 2 atom stereocenters. The molecule has 1 aromatic rings. The Bertz CT molecular complexity index is 453. The Morgan fingerprint density at radius 1 is 1.24 bits per heavy atom. The van der Waals surface area contributed by atoms with Crippen LogP contribution >= 0.6 is 0 Å². The predicted molar refractivity (Wildman–Crippen MR) is 48.0 cm³/mol. The molecule has 0 fully saturated rings. The SMILES string of the molecule is N#CC(O)C(O)c1ccc(F)cc1C(F)(F)F. The van der Waals surface area contributed by atoms with Crippen LogP contribution in [0.4, 0.5) is 17.6 Å². The highest BCUT2D eigenvalue weighted by atomic mass is 19.4. The molecule has 0 aromatic heterocycles. The lowest BCUT2D eigenvalue weighted by molar-refractivity contribution is -0.139. The van der Waals surface area contributed by atoms with Crippen molar-refractivity contribution in [2.75, 3.05) is 0 Å². The zero-order valence-electron chi connectivity index (χ0n) is 8.24. The van der Waals surface area contributed by atoms with Gasteiger partial charge in [-0.1, -0.05) is 6.07 Å². The van der Waals surface area contributed by atoms with Crippen LogP contribution in [0.5, 0.6) is 0 Å². The van der Waals surface area contributed by atoms with Crippen LogP contribution in [-0.2, 0) is 6.18 Å². The average Bonchev–Trinajstić information content (AvgIpc) is 2.25. The lowest BCUT2D eigenvalue weighted by Crippen LogP contribution is -2.20. The van der Waals surface area contributed by atoms with Gasteiger partial charge in [-0.15, -0.1) is 0 Å². The third kappa shape index (κ3) is 2.93. The molecule has 17 heavy (non-hydrogen) atoms. The predicted octanol–water partition coefficient (Wildman–Crippen LogP) is 1.76. The van der Waals surface area contributed by atoms with E-state index < -0.39 is 35.3 Å². The standard InChI is InChI=1S/C10H7F4NO2/c11-5-1-2-6(9(17)8(16)4-15)7(3-5)10(12,13)14/h1-3,8-9,16-17H. The summed E-state index contributed by atoms with van der Waals surface area (Å²) in [5.41, 5.74) is -2.16. The molecule has 0 heterocycles. The van der Waals surface area contributed by atoms with Crippen LogP contribution in [0, 0.1) is 17.1 Å². The molecule has 7 heteroatoms. The largest absolute Gasteiger partial charge is 0.416 e. The molecule has 0 aliphatic heterocycles. The van der Waals surface area contributed by atoms with Crippen LogP contribution < -0.4 is 0 Å². The summed E-state index contributed by atoms with van der Waals surface area (Å²) < 4.78 is 50.3. The number of nitriles is 1. The van der Waals surface area contributed by atoms with Crippen LogP contribution in [-0.4, -0.2) is 16.3 Å². The molecule has 0 bridgehead atoms. The second-order valence-corrected chi connectivity index (χ2v) is 3.25. The first-order valence-corrected chi connectivity index (χ1v) is 4.39. The summed E-state index contributed by atoms with van der Waals surface area (Å²) in [5.74, 6) is -1.13. The van der Waals surface area contributed by atoms with E-state index >= 15 is 0 Å². The smallest absolute Gasteiger partial charge is 0.385 e. The maximum atomic E-state index is 12.7. The van der Waals surface area contributed by atoms with Crippen LogP contribution in [0.2, 0.25) is 0 Å². The van der Waals surface area contributed by atoms with Gasteiger partial charge in [-0.2, -0.15) is 18.4 Å². The van der Waals surface area contributed by atoms with Gasteiger partial charge in [0.1, 0.15) is 11.9 Å². The number of halogens is 4. The lowest BCUT2D eigenvalue weighted by Gasteiger charge is -2.18. The fraction of sp³-hybridized carbons (Fsp3) is 0.300. The van der Waals surface area contributed by atoms with Crippen LogP contribution in [0.15, 0.2) is 18.2 Å². The Hall–Kier alpha value is -1.65. The molecule has 0 aliphatic carbocycles. The summed E-state index contributed by atoms with van der Waals surface area (Å²) in [4.78, 5) is 0. The maximum absolute atomic E-state index is 12.7. The monoisotopic (exact) mass is 249 g/mol. The van der Waals surface area contributed by atoms with Gasteiger partial charge in [-0.25, -0.2) is 4.39 Å². The number of nitrogens with zero attached hydrogens (tertiary/aromatic N) is 1. The summed E-state index contributed by atoms with van der Waals surface area (Å²) in [6.45, 7) is 0. The Morgan fingerprint density at radius 2 is 1.82 bits per heavy atom. The van der Waals surface area contributed by atoms with E-state index in [1.807, 2.05) is 0 Å². The fourth-order valence-corrected chi connectivity index (χ4v) is 1.27. The minimum atomic E-state index is -4.88. The van der Waals surface area contributed by atoms with Crippen molar-refractivity contribution in [2.24, 2.45) is 0 Å². The molecular weight excluding hydrogens is 242 g/mol. The van der Waals surface area contributed by atoms with Crippen molar-refractivity contribution < 1.29 is 27.8 Å². The fourth-order valence-electron chi connectivity index (χ4n) is 1.27. The van der Waals surface area contributed by atoms with E-state index in [1.165, 1.54) is 6.07 Å². The summed E-state index contributed by atoms with van der Waals surface area (Å²) in [6.07, 6.45) is -8.94. The van der Waals surface area contributed by atoms with Crippen molar-refractivity contribution in [3.63, 3.8) is 0 Å². The minimum absolute atomic E-state index is 0.197. The summed E-state index contributed by atoms with van der Waals surface area (Å²) >= 11 is 0. The van der Waals surface area contributed by atoms with E-state index in [0.717, 1.165) is 0 Å². The van der Waals surface area contributed by atoms with E-state index in [4.69, 9.17) is 10.4 Å². The van der Waals surface area contributed by atoms with E-state index in [0.29, 0.717) is 12.1 Å². The molecule has 1 aromatic carbocycles. The van der Waals surface area contributed by atoms with Crippen LogP contribution in [0.3, 0.4) is 0 Å². The number of hydrogen-bond donors (Lipinski definition) is 2. The lowest BCUT2D eigenvalue weighted by atomic mass is 9.98. The van der Waals surface area contributed by atoms with Gasteiger partial charge in [-0.3, -0.25) is 0 Å². The highest BCUT2D eigenvalue weighted by Crippen LogP contribution is 2.35. The average molecular weight is 249 g/mol. The molecule has 0 aliphatic rings. The second-order valence-electron chi connectivity index (χ2n) is 3.25. The minimum Gasteiger partial charge on any atom is -0.385 e. The first kappa shape index (κ1) is 13.4. The van der Waals surface area contributed by atoms with Gasteiger partial charge >= 0.3 is 6.18 Å². The van der Waals surface area contributed by atoms with Crippen molar-refractivity contribution in [1.82, 2.24) is 0 Å². The van der Waals surface area contributed by atoms with Gasteiger partial charge in [0.15, 0.2) is 6.10 Å². The molecule has 0 amide bonds. The molecule has 3 nitrogen and oxygen atoms in total. The van der Waals surface area contributed by atoms with Gasteiger partial charge in [0.05, 0.1) is 11.6 Å². The molecule has 2 N–H and O–H groups in total. The van der Waals surface area contributed by atoms with Crippen molar-refractivity contribution in [2.45, 2.75) is 18.4 Å². The number of benzene rings is 1. The summed E-state index contributed by atoms with van der Waals surface area (Å²) in [7, 11) is 0. The molecule has 0 saturated heterocycles. The van der Waals surface area contributed by atoms with E-state index in [9.17, 15) is 22.7 Å². The summed E-state index contributed by atoms with van der Waals surface area (Å²) in [5, 5.41) is 26.6. The topological polar surface area (TPSA) is 64.2 Å². The third-order valence-electron chi connectivity index (χ3n) is 2.07. The number of aliphatic hydroxyl groups is 2. The molecular formula is C10H7F4NO2. The molecule has 1 rings (SSSR count). The number of alkyl halides is 3. The second kappa shape index (κ2) is 4.69. The van der Waals surface area contributed by atoms with Gasteiger partial charge in [0.2, 0.25) is 0 Å². The zero-order chi connectivity index (χ0) is 13.2. The maximum Gasteiger partial charge on any atom is 0.416 e. The van der Waals surface area contributed by atoms with Crippen molar-refractivity contribution in [3.05, 3.63) is 35.1 Å². The van der Waals surface area contributed by atoms with Crippen molar-refractivity contribution >= 4 is 0 Å². The van der Waals surface area contributed by atoms with Crippen LogP contribution in [0.1, 0.15) is 17.2 Å². The Labute approximate surface area is 93.5 Å². The number of hydrogen-bond acceptors (Lipinski definition) is 3. The molecule has 0 radical (unpaired) electrons. The third-order valence-corrected chi connectivity index (χ3v) is 2.07. The number of rotatable bonds is 2. The molecule has 0 saturated carbocycles. The molecule has 92 valence electrons. The van der Waals surface area contributed by atoms with Gasteiger partial charge < -0.3 is 10.2 Å². The van der Waals surface area contributed by atoms with Gasteiger partial charge in [0, 0.05) is 0 Å². The highest BCUT2D eigenvalue weighted by Gasteiger charge is 2.36.